The topological polar surface area (TPSA) is 95.6 Å². The van der Waals surface area contributed by atoms with Gasteiger partial charge in [-0.25, -0.2) is 4.98 Å². The monoisotopic (exact) mass is 548 g/mol. The Morgan fingerprint density at radius 3 is 2.81 bits per heavy atom. The van der Waals surface area contributed by atoms with Gasteiger partial charge in [-0.15, -0.1) is 0 Å². The van der Waals surface area contributed by atoms with Crippen LogP contribution in [0.3, 0.4) is 0 Å². The summed E-state index contributed by atoms with van der Waals surface area (Å²) in [6.45, 7) is 6.08. The van der Waals surface area contributed by atoms with Crippen LogP contribution in [0.25, 0.3) is 16.6 Å². The third kappa shape index (κ3) is 4.95. The maximum absolute atomic E-state index is 13.2. The van der Waals surface area contributed by atoms with Crippen LogP contribution in [0.4, 0.5) is 5.69 Å². The van der Waals surface area contributed by atoms with E-state index in [2.05, 4.69) is 36.3 Å². The predicted molar refractivity (Wildman–Crippen MR) is 141 cm³/mol. The van der Waals surface area contributed by atoms with Crippen molar-refractivity contribution < 1.29 is 14.3 Å². The molecule has 184 valence electrons. The van der Waals surface area contributed by atoms with Crippen molar-refractivity contribution in [2.24, 2.45) is 0 Å². The van der Waals surface area contributed by atoms with Gasteiger partial charge in [0.2, 0.25) is 0 Å². The van der Waals surface area contributed by atoms with Crippen molar-refractivity contribution in [3.8, 4) is 5.75 Å². The first kappa shape index (κ1) is 24.0. The van der Waals surface area contributed by atoms with Gasteiger partial charge in [0.15, 0.2) is 0 Å². The summed E-state index contributed by atoms with van der Waals surface area (Å²) in [5, 5.41) is 8.50. The molecule has 0 aliphatic carbocycles. The van der Waals surface area contributed by atoms with Crippen molar-refractivity contribution in [3.63, 3.8) is 0 Å². The van der Waals surface area contributed by atoms with Crippen LogP contribution in [0, 0.1) is 6.92 Å². The van der Waals surface area contributed by atoms with E-state index in [4.69, 9.17) is 9.47 Å². The molecule has 5 rings (SSSR count). The third-order valence-corrected chi connectivity index (χ3v) is 6.26. The molecule has 9 nitrogen and oxygen atoms in total. The zero-order valence-corrected chi connectivity index (χ0v) is 21.5. The van der Waals surface area contributed by atoms with E-state index in [0.717, 1.165) is 22.2 Å². The van der Waals surface area contributed by atoms with Crippen LogP contribution in [0.2, 0.25) is 0 Å². The number of aryl methyl sites for hydroxylation is 1. The van der Waals surface area contributed by atoms with E-state index in [1.165, 1.54) is 0 Å². The summed E-state index contributed by atoms with van der Waals surface area (Å²) in [6.07, 6.45) is 5.18. The number of halogens is 1. The number of amides is 1. The zero-order chi connectivity index (χ0) is 25.1. The van der Waals surface area contributed by atoms with Crippen molar-refractivity contribution in [2.75, 3.05) is 25.1 Å². The highest BCUT2D eigenvalue weighted by Crippen LogP contribution is 2.31. The standard InChI is InChI=1S/C26H25BrN6O3/c1-3-35-11-12-36-19-9-10-32-22(15-29-23(32)13-19)26(34)30-20-5-4-6-21-24(20)25(27)31-33(21)16-18-8-7-17(2)28-14-18/h4-10,13-15H,3,11-12,16H2,1-2H3,(H,30,34). The second-order valence-corrected chi connectivity index (χ2v) is 8.94. The fourth-order valence-corrected chi connectivity index (χ4v) is 4.55. The molecule has 1 N–H and O–H groups in total. The first-order chi connectivity index (χ1) is 17.5. The smallest absolute Gasteiger partial charge is 0.274 e. The quantitative estimate of drug-likeness (QED) is 0.264. The van der Waals surface area contributed by atoms with Crippen molar-refractivity contribution in [1.29, 1.82) is 0 Å². The summed E-state index contributed by atoms with van der Waals surface area (Å²) in [5.41, 5.74) is 4.59. The number of pyridine rings is 2. The lowest BCUT2D eigenvalue weighted by atomic mass is 10.2. The highest BCUT2D eigenvalue weighted by molar-refractivity contribution is 9.10. The molecule has 0 saturated carbocycles. The van der Waals surface area contributed by atoms with Crippen LogP contribution in [-0.4, -0.2) is 49.9 Å². The first-order valence-electron chi connectivity index (χ1n) is 11.6. The van der Waals surface area contributed by atoms with Crippen LogP contribution in [0.15, 0.2) is 65.7 Å². The lowest BCUT2D eigenvalue weighted by molar-refractivity contribution is 0.102. The molecule has 10 heteroatoms. The number of rotatable bonds is 9. The summed E-state index contributed by atoms with van der Waals surface area (Å²) < 4.78 is 15.3. The van der Waals surface area contributed by atoms with Crippen LogP contribution in [-0.2, 0) is 11.3 Å². The molecule has 1 amide bonds. The first-order valence-corrected chi connectivity index (χ1v) is 12.4. The van der Waals surface area contributed by atoms with E-state index in [-0.39, 0.29) is 5.91 Å². The minimum atomic E-state index is -0.276. The lowest BCUT2D eigenvalue weighted by Crippen LogP contribution is -2.14. The van der Waals surface area contributed by atoms with Crippen molar-refractivity contribution >= 4 is 44.1 Å². The van der Waals surface area contributed by atoms with Gasteiger partial charge in [-0.05, 0) is 59.6 Å². The van der Waals surface area contributed by atoms with Crippen LogP contribution >= 0.6 is 15.9 Å². The van der Waals surface area contributed by atoms with Gasteiger partial charge in [0.1, 0.15) is 28.3 Å². The van der Waals surface area contributed by atoms with Gasteiger partial charge < -0.3 is 14.8 Å². The molecule has 4 aromatic heterocycles. The molecule has 0 aliphatic heterocycles. The number of fused-ring (bicyclic) bond motifs is 2. The number of ether oxygens (including phenoxy) is 2. The molecule has 0 atom stereocenters. The summed E-state index contributed by atoms with van der Waals surface area (Å²) in [6, 6.07) is 13.4. The highest BCUT2D eigenvalue weighted by atomic mass is 79.9. The molecule has 1 aromatic carbocycles. The van der Waals surface area contributed by atoms with Crippen molar-refractivity contribution in [3.05, 3.63) is 82.6 Å². The number of benzene rings is 1. The lowest BCUT2D eigenvalue weighted by Gasteiger charge is -2.09. The molecule has 0 saturated heterocycles. The molecular weight excluding hydrogens is 524 g/mol. The average Bonchev–Trinajstić information content (AvgIpc) is 3.44. The Morgan fingerprint density at radius 2 is 2.00 bits per heavy atom. The Morgan fingerprint density at radius 1 is 1.11 bits per heavy atom. The van der Waals surface area contributed by atoms with E-state index in [1.54, 1.807) is 28.9 Å². The molecule has 0 unspecified atom stereocenters. The van der Waals surface area contributed by atoms with Gasteiger partial charge in [0, 0.05) is 30.8 Å². The highest BCUT2D eigenvalue weighted by Gasteiger charge is 2.18. The minimum Gasteiger partial charge on any atom is -0.491 e. The van der Waals surface area contributed by atoms with Crippen molar-refractivity contribution in [1.82, 2.24) is 24.1 Å². The van der Waals surface area contributed by atoms with E-state index in [9.17, 15) is 4.79 Å². The Hall–Kier alpha value is -3.76. The number of nitrogens with zero attached hydrogens (tertiary/aromatic N) is 5. The molecule has 0 bridgehead atoms. The summed E-state index contributed by atoms with van der Waals surface area (Å²) in [4.78, 5) is 22.0. The zero-order valence-electron chi connectivity index (χ0n) is 19.9. The third-order valence-electron chi connectivity index (χ3n) is 5.71. The SMILES string of the molecule is CCOCCOc1ccn2c(C(=O)Nc3cccc4c3c(Br)nn4Cc3ccc(C)nc3)cnc2c1. The van der Waals surface area contributed by atoms with Crippen LogP contribution < -0.4 is 10.1 Å². The molecule has 4 heterocycles. The number of hydrogen-bond donors (Lipinski definition) is 1. The molecule has 36 heavy (non-hydrogen) atoms. The molecule has 5 aromatic rings. The Balaban J connectivity index is 1.37. The largest absolute Gasteiger partial charge is 0.491 e. The predicted octanol–water partition coefficient (Wildman–Crippen LogP) is 4.87. The second-order valence-electron chi connectivity index (χ2n) is 8.19. The number of imidazole rings is 1. The number of carbonyl (C=O) groups is 1. The fraction of sp³-hybridized carbons (Fsp3) is 0.231. The minimum absolute atomic E-state index is 0.276. The van der Waals surface area contributed by atoms with Crippen LogP contribution in [0.1, 0.15) is 28.7 Å². The van der Waals surface area contributed by atoms with E-state index < -0.39 is 0 Å². The number of hydrogen-bond acceptors (Lipinski definition) is 6. The van der Waals surface area contributed by atoms with Gasteiger partial charge in [0.25, 0.3) is 5.91 Å². The van der Waals surface area contributed by atoms with Gasteiger partial charge in [-0.2, -0.15) is 5.10 Å². The maximum Gasteiger partial charge on any atom is 0.274 e. The summed E-state index contributed by atoms with van der Waals surface area (Å²) in [7, 11) is 0. The second kappa shape index (κ2) is 10.5. The van der Waals surface area contributed by atoms with E-state index >= 15 is 0 Å². The van der Waals surface area contributed by atoms with Crippen LogP contribution in [0.5, 0.6) is 5.75 Å². The Labute approximate surface area is 216 Å². The number of nitrogens with one attached hydrogen (secondary N) is 1. The normalized spacial score (nSPS) is 11.3. The summed E-state index contributed by atoms with van der Waals surface area (Å²) >= 11 is 3.57. The fourth-order valence-electron chi connectivity index (χ4n) is 3.94. The molecule has 0 fully saturated rings. The molecule has 0 spiro atoms. The van der Waals surface area contributed by atoms with Gasteiger partial charge >= 0.3 is 0 Å². The van der Waals surface area contributed by atoms with E-state index in [1.807, 2.05) is 55.1 Å². The van der Waals surface area contributed by atoms with E-state index in [0.29, 0.717) is 53.7 Å². The summed E-state index contributed by atoms with van der Waals surface area (Å²) in [5.74, 6) is 0.395. The van der Waals surface area contributed by atoms with Gasteiger partial charge in [-0.1, -0.05) is 12.1 Å². The Kier molecular flexibility index (Phi) is 6.97. The van der Waals surface area contributed by atoms with Gasteiger partial charge in [-0.3, -0.25) is 18.9 Å². The number of carbonyl (C=O) groups excluding carboxylic acids is 1. The maximum atomic E-state index is 13.2. The number of aromatic nitrogens is 5. The van der Waals surface area contributed by atoms with Crippen molar-refractivity contribution in [2.45, 2.75) is 20.4 Å². The van der Waals surface area contributed by atoms with Gasteiger partial charge in [0.05, 0.1) is 35.9 Å². The molecule has 0 aliphatic rings. The molecular formula is C26H25BrN6O3. The Bertz CT molecular complexity index is 1530. The average molecular weight is 549 g/mol. The molecule has 0 radical (unpaired) electrons. The number of anilines is 1.